The Bertz CT molecular complexity index is 859. The second-order valence-corrected chi connectivity index (χ2v) is 6.00. The number of amides is 3. The molecule has 3 N–H and O–H groups in total. The van der Waals surface area contributed by atoms with E-state index in [9.17, 15) is 9.59 Å². The van der Waals surface area contributed by atoms with Gasteiger partial charge in [-0.2, -0.15) is 0 Å². The van der Waals surface area contributed by atoms with Gasteiger partial charge in [-0.15, -0.1) is 0 Å². The monoisotopic (exact) mass is 391 g/mol. The molecule has 0 aliphatic carbocycles. The van der Waals surface area contributed by atoms with E-state index in [1.807, 2.05) is 0 Å². The molecule has 3 amide bonds. The number of halogens is 1. The van der Waals surface area contributed by atoms with Crippen LogP contribution >= 0.6 is 11.6 Å². The van der Waals surface area contributed by atoms with Gasteiger partial charge in [0.05, 0.1) is 19.3 Å². The number of urea groups is 1. The van der Waals surface area contributed by atoms with Crippen LogP contribution in [0.5, 0.6) is 17.2 Å². The quantitative estimate of drug-likeness (QED) is 0.725. The summed E-state index contributed by atoms with van der Waals surface area (Å²) in [6, 6.07) is 9.31. The molecule has 1 aliphatic rings. The van der Waals surface area contributed by atoms with Gasteiger partial charge in [-0.05, 0) is 30.3 Å². The second-order valence-electron chi connectivity index (χ2n) is 5.56. The maximum Gasteiger partial charge on any atom is 0.325 e. The minimum atomic E-state index is -0.656. The third kappa shape index (κ3) is 4.95. The van der Waals surface area contributed by atoms with Crippen molar-refractivity contribution in [2.75, 3.05) is 37.5 Å². The molecule has 0 saturated heterocycles. The molecular formula is C18H18ClN3O5. The first-order valence-corrected chi connectivity index (χ1v) is 8.51. The average molecular weight is 392 g/mol. The smallest absolute Gasteiger partial charge is 0.325 e. The lowest BCUT2D eigenvalue weighted by molar-refractivity contribution is -0.118. The van der Waals surface area contributed by atoms with E-state index in [2.05, 4.69) is 16.0 Å². The fraction of sp³-hybridized carbons (Fsp3) is 0.222. The van der Waals surface area contributed by atoms with E-state index >= 15 is 0 Å². The number of methoxy groups -OCH3 is 1. The number of hydrogen-bond donors (Lipinski definition) is 3. The summed E-state index contributed by atoms with van der Waals surface area (Å²) in [5, 5.41) is 8.18. The molecular weight excluding hydrogens is 374 g/mol. The topological polar surface area (TPSA) is 97.9 Å². The van der Waals surface area contributed by atoms with Crippen molar-refractivity contribution in [1.29, 1.82) is 0 Å². The van der Waals surface area contributed by atoms with Crippen LogP contribution in [-0.2, 0) is 4.79 Å². The molecule has 0 bridgehead atoms. The highest BCUT2D eigenvalue weighted by Crippen LogP contribution is 2.32. The van der Waals surface area contributed by atoms with Crippen LogP contribution in [0.15, 0.2) is 36.4 Å². The molecule has 0 saturated carbocycles. The highest BCUT2D eigenvalue weighted by atomic mass is 35.5. The summed E-state index contributed by atoms with van der Waals surface area (Å²) in [5.41, 5.74) is 1.03. The molecule has 0 aromatic heterocycles. The van der Waals surface area contributed by atoms with E-state index in [0.717, 1.165) is 0 Å². The molecule has 0 radical (unpaired) electrons. The summed E-state index contributed by atoms with van der Waals surface area (Å²) in [6.07, 6.45) is 0. The van der Waals surface area contributed by atoms with Gasteiger partial charge >= 0.3 is 6.03 Å². The number of benzene rings is 2. The van der Waals surface area contributed by atoms with Crippen LogP contribution < -0.4 is 30.2 Å². The minimum absolute atomic E-state index is 0.134. The van der Waals surface area contributed by atoms with Crippen molar-refractivity contribution in [3.05, 3.63) is 41.4 Å². The summed E-state index contributed by atoms with van der Waals surface area (Å²) < 4.78 is 16.0. The lowest BCUT2D eigenvalue weighted by Gasteiger charge is -2.19. The van der Waals surface area contributed by atoms with Crippen LogP contribution in [0.2, 0.25) is 5.02 Å². The van der Waals surface area contributed by atoms with Crippen LogP contribution in [0.3, 0.4) is 0 Å². The molecule has 1 aliphatic heterocycles. The number of ether oxygens (including phenoxy) is 3. The van der Waals surface area contributed by atoms with Crippen LogP contribution in [0.25, 0.3) is 0 Å². The van der Waals surface area contributed by atoms with E-state index in [1.165, 1.54) is 7.11 Å². The molecule has 142 valence electrons. The Balaban J connectivity index is 1.52. The average Bonchev–Trinajstić information content (AvgIpc) is 2.66. The van der Waals surface area contributed by atoms with Crippen molar-refractivity contribution in [2.24, 2.45) is 0 Å². The number of nitrogens with one attached hydrogen (secondary N) is 3. The van der Waals surface area contributed by atoms with Gasteiger partial charge < -0.3 is 24.8 Å². The van der Waals surface area contributed by atoms with Gasteiger partial charge in [-0.1, -0.05) is 11.6 Å². The fourth-order valence-corrected chi connectivity index (χ4v) is 2.62. The fourth-order valence-electron chi connectivity index (χ4n) is 2.45. The van der Waals surface area contributed by atoms with Crippen LogP contribution in [0, 0.1) is 0 Å². The van der Waals surface area contributed by atoms with Crippen molar-refractivity contribution in [3.8, 4) is 17.2 Å². The number of fused-ring (bicyclic) bond motifs is 1. The Hall–Kier alpha value is -3.13. The Morgan fingerprint density at radius 1 is 1.11 bits per heavy atom. The third-order valence-corrected chi connectivity index (χ3v) is 3.89. The minimum Gasteiger partial charge on any atom is -0.495 e. The first-order chi connectivity index (χ1) is 13.0. The van der Waals surface area contributed by atoms with Gasteiger partial charge in [0.2, 0.25) is 5.91 Å². The highest BCUT2D eigenvalue weighted by Gasteiger charge is 2.14. The molecule has 0 atom stereocenters. The van der Waals surface area contributed by atoms with Crippen LogP contribution in [0.4, 0.5) is 16.2 Å². The maximum absolute atomic E-state index is 12.0. The molecule has 1 heterocycles. The molecule has 0 unspecified atom stereocenters. The van der Waals surface area contributed by atoms with Gasteiger partial charge in [0.1, 0.15) is 19.0 Å². The Labute approximate surface area is 160 Å². The normalized spacial score (nSPS) is 12.1. The summed E-state index contributed by atoms with van der Waals surface area (Å²) in [5.74, 6) is 1.17. The van der Waals surface area contributed by atoms with Crippen molar-refractivity contribution < 1.29 is 23.8 Å². The highest BCUT2D eigenvalue weighted by molar-refractivity contribution is 6.31. The molecule has 8 nitrogen and oxygen atoms in total. The standard InChI is InChI=1S/C18H18ClN3O5/c1-25-14-4-2-11(19)8-13(14)20-10-17(23)22-18(24)21-12-3-5-15-16(9-12)27-7-6-26-15/h2-5,8-9,20H,6-7,10H2,1H3,(H2,21,22,23,24). The van der Waals surface area contributed by atoms with Crippen molar-refractivity contribution in [2.45, 2.75) is 0 Å². The third-order valence-electron chi connectivity index (χ3n) is 3.65. The van der Waals surface area contributed by atoms with Crippen molar-refractivity contribution in [3.63, 3.8) is 0 Å². The van der Waals surface area contributed by atoms with Crippen molar-refractivity contribution >= 4 is 34.9 Å². The SMILES string of the molecule is COc1ccc(Cl)cc1NCC(=O)NC(=O)Nc1ccc2c(c1)OCCO2. The zero-order valence-electron chi connectivity index (χ0n) is 14.5. The molecule has 2 aromatic rings. The summed E-state index contributed by atoms with van der Waals surface area (Å²) in [7, 11) is 1.51. The largest absolute Gasteiger partial charge is 0.495 e. The molecule has 2 aromatic carbocycles. The Kier molecular flexibility index (Phi) is 5.87. The summed E-state index contributed by atoms with van der Waals surface area (Å²) >= 11 is 5.93. The summed E-state index contributed by atoms with van der Waals surface area (Å²) in [4.78, 5) is 24.0. The van der Waals surface area contributed by atoms with Gasteiger partial charge in [0.25, 0.3) is 0 Å². The number of carbonyl (C=O) groups excluding carboxylic acids is 2. The summed E-state index contributed by atoms with van der Waals surface area (Å²) in [6.45, 7) is 0.796. The number of imide groups is 1. The van der Waals surface area contributed by atoms with E-state index < -0.39 is 11.9 Å². The molecule has 3 rings (SSSR count). The predicted molar refractivity (Wildman–Crippen MR) is 101 cm³/mol. The number of rotatable bonds is 5. The van der Waals surface area contributed by atoms with E-state index in [-0.39, 0.29) is 6.54 Å². The van der Waals surface area contributed by atoms with E-state index in [0.29, 0.717) is 46.9 Å². The van der Waals surface area contributed by atoms with E-state index in [4.69, 9.17) is 25.8 Å². The van der Waals surface area contributed by atoms with Crippen LogP contribution in [0.1, 0.15) is 0 Å². The molecule has 0 fully saturated rings. The Morgan fingerprint density at radius 2 is 1.89 bits per heavy atom. The van der Waals surface area contributed by atoms with E-state index in [1.54, 1.807) is 36.4 Å². The lowest BCUT2D eigenvalue weighted by atomic mass is 10.2. The maximum atomic E-state index is 12.0. The van der Waals surface area contributed by atoms with Gasteiger partial charge in [0, 0.05) is 16.8 Å². The first kappa shape index (κ1) is 18.7. The van der Waals surface area contributed by atoms with Gasteiger partial charge in [0.15, 0.2) is 11.5 Å². The van der Waals surface area contributed by atoms with Crippen LogP contribution in [-0.4, -0.2) is 38.8 Å². The van der Waals surface area contributed by atoms with Gasteiger partial charge in [-0.25, -0.2) is 4.79 Å². The predicted octanol–water partition coefficient (Wildman–Crippen LogP) is 2.88. The number of hydrogen-bond acceptors (Lipinski definition) is 6. The second kappa shape index (κ2) is 8.50. The zero-order valence-corrected chi connectivity index (χ0v) is 15.3. The molecule has 9 heteroatoms. The molecule has 0 spiro atoms. The van der Waals surface area contributed by atoms with Gasteiger partial charge in [-0.3, -0.25) is 10.1 Å². The van der Waals surface area contributed by atoms with Crippen molar-refractivity contribution in [1.82, 2.24) is 5.32 Å². The number of carbonyl (C=O) groups is 2. The first-order valence-electron chi connectivity index (χ1n) is 8.13. The molecule has 27 heavy (non-hydrogen) atoms. The zero-order chi connectivity index (χ0) is 19.2. The lowest BCUT2D eigenvalue weighted by Crippen LogP contribution is -2.38. The Morgan fingerprint density at radius 3 is 2.67 bits per heavy atom. The number of anilines is 2.